The van der Waals surface area contributed by atoms with Gasteiger partial charge in [0.25, 0.3) is 0 Å². The molecule has 0 atom stereocenters. The van der Waals surface area contributed by atoms with Crippen LogP contribution in [0.1, 0.15) is 11.3 Å². The van der Waals surface area contributed by atoms with Crippen molar-refractivity contribution < 1.29 is 0 Å². The summed E-state index contributed by atoms with van der Waals surface area (Å²) in [5, 5.41) is 7.65. The van der Waals surface area contributed by atoms with Crippen LogP contribution in [0.2, 0.25) is 0 Å². The Morgan fingerprint density at radius 2 is 1.43 bits per heavy atom. The number of hydrogen-bond donors (Lipinski definition) is 0. The van der Waals surface area contributed by atoms with E-state index in [0.29, 0.717) is 0 Å². The summed E-state index contributed by atoms with van der Waals surface area (Å²) in [6, 6.07) is 32.7. The maximum Gasteiger partial charge on any atom is 0.0620 e. The molecule has 2 nitrogen and oxygen atoms in total. The van der Waals surface area contributed by atoms with Crippen LogP contribution in [0.15, 0.2) is 116 Å². The minimum absolute atomic E-state index is 1.17. The van der Waals surface area contributed by atoms with Crippen LogP contribution in [-0.4, -0.2) is 8.97 Å². The lowest BCUT2D eigenvalue weighted by atomic mass is 9.97. The van der Waals surface area contributed by atoms with Crippen molar-refractivity contribution in [3.05, 3.63) is 127 Å². The Morgan fingerprint density at radius 3 is 2.26 bits per heavy atom. The fourth-order valence-corrected chi connectivity index (χ4v) is 5.80. The first-order valence-electron chi connectivity index (χ1n) is 12.0. The number of para-hydroxylation sites is 2. The number of nitrogens with zero attached hydrogens (tertiary/aromatic N) is 2. The third-order valence-corrected chi connectivity index (χ3v) is 7.25. The molecule has 0 unspecified atom stereocenters. The molecule has 3 heterocycles. The molecule has 0 amide bonds. The highest BCUT2D eigenvalue weighted by molar-refractivity contribution is 6.28. The number of aromatic nitrogens is 2. The maximum absolute atomic E-state index is 3.94. The molecule has 166 valence electrons. The quantitative estimate of drug-likeness (QED) is 0.189. The molecule has 0 N–H and O–H groups in total. The van der Waals surface area contributed by atoms with Gasteiger partial charge in [-0.05, 0) is 36.6 Å². The first-order chi connectivity index (χ1) is 17.3. The van der Waals surface area contributed by atoms with Crippen molar-refractivity contribution in [1.29, 1.82) is 0 Å². The highest BCUT2D eigenvalue weighted by atomic mass is 15.0. The Balaban J connectivity index is 1.82. The van der Waals surface area contributed by atoms with E-state index in [9.17, 15) is 0 Å². The van der Waals surface area contributed by atoms with Crippen LogP contribution < -0.4 is 0 Å². The van der Waals surface area contributed by atoms with Crippen molar-refractivity contribution in [2.45, 2.75) is 6.92 Å². The molecule has 0 saturated heterocycles. The topological polar surface area (TPSA) is 9.34 Å². The molecule has 0 bridgehead atoms. The smallest absolute Gasteiger partial charge is 0.0620 e. The van der Waals surface area contributed by atoms with Crippen molar-refractivity contribution in [1.82, 2.24) is 8.97 Å². The zero-order valence-corrected chi connectivity index (χ0v) is 19.6. The molecular formula is C33H24N2. The molecular weight excluding hydrogens is 424 g/mol. The zero-order valence-electron chi connectivity index (χ0n) is 19.6. The number of benzene rings is 4. The Hall–Kier alpha value is -4.56. The standard InChI is InChI=1S/C33H24N2/c1-3-4-15-25-22(2)35(24-13-6-5-7-14-24)30-20-19-28-27-17-10-11-18-29(27)34-21-23-12-8-9-16-26(23)33(34)32(28)31(25)30/h3-21H,1H2,2H3/b15-4-. The lowest BCUT2D eigenvalue weighted by molar-refractivity contribution is 1.05. The molecule has 2 heteroatoms. The normalized spacial score (nSPS) is 12.1. The molecule has 0 fully saturated rings. The van der Waals surface area contributed by atoms with Gasteiger partial charge in [0.15, 0.2) is 0 Å². The summed E-state index contributed by atoms with van der Waals surface area (Å²) in [4.78, 5) is 0. The first-order valence-corrected chi connectivity index (χ1v) is 12.0. The van der Waals surface area contributed by atoms with Crippen LogP contribution in [0.4, 0.5) is 0 Å². The van der Waals surface area contributed by atoms with Gasteiger partial charge < -0.3 is 8.97 Å². The van der Waals surface area contributed by atoms with Gasteiger partial charge in [0.05, 0.1) is 16.6 Å². The summed E-state index contributed by atoms with van der Waals surface area (Å²) in [6.07, 6.45) is 8.39. The number of rotatable bonds is 3. The van der Waals surface area contributed by atoms with Crippen molar-refractivity contribution in [3.8, 4) is 5.69 Å². The van der Waals surface area contributed by atoms with E-state index in [-0.39, 0.29) is 0 Å². The van der Waals surface area contributed by atoms with E-state index >= 15 is 0 Å². The van der Waals surface area contributed by atoms with E-state index in [1.165, 1.54) is 65.8 Å². The van der Waals surface area contributed by atoms with Gasteiger partial charge in [-0.2, -0.15) is 0 Å². The Morgan fingerprint density at radius 1 is 0.686 bits per heavy atom. The minimum atomic E-state index is 1.17. The van der Waals surface area contributed by atoms with Crippen LogP contribution in [0.5, 0.6) is 0 Å². The summed E-state index contributed by atoms with van der Waals surface area (Å²) < 4.78 is 4.77. The average Bonchev–Trinajstić information content (AvgIpc) is 3.43. The SMILES string of the molecule is C=C/C=C\c1c(C)n(-c2ccccc2)c2ccc3c4ccccc4n4cc5ccccc5c4c3c12. The second-order valence-electron chi connectivity index (χ2n) is 9.10. The Bertz CT molecular complexity index is 1960. The number of hydrogen-bond acceptors (Lipinski definition) is 0. The van der Waals surface area contributed by atoms with E-state index in [0.717, 1.165) is 0 Å². The van der Waals surface area contributed by atoms with Crippen molar-refractivity contribution >= 4 is 54.9 Å². The molecule has 0 spiro atoms. The molecule has 0 aliphatic rings. The second kappa shape index (κ2) is 7.48. The van der Waals surface area contributed by atoms with Gasteiger partial charge in [-0.15, -0.1) is 0 Å². The summed E-state index contributed by atoms with van der Waals surface area (Å²) >= 11 is 0. The van der Waals surface area contributed by atoms with Gasteiger partial charge in [0.2, 0.25) is 0 Å². The van der Waals surface area contributed by atoms with E-state index in [1.54, 1.807) is 0 Å². The maximum atomic E-state index is 3.94. The number of pyridine rings is 1. The highest BCUT2D eigenvalue weighted by Crippen LogP contribution is 2.42. The molecule has 0 aliphatic heterocycles. The van der Waals surface area contributed by atoms with Crippen molar-refractivity contribution in [2.75, 3.05) is 0 Å². The van der Waals surface area contributed by atoms with Crippen LogP contribution in [0, 0.1) is 6.92 Å². The lowest BCUT2D eigenvalue weighted by Gasteiger charge is -2.12. The minimum Gasteiger partial charge on any atom is -0.315 e. The Labute approximate surface area is 203 Å². The fraction of sp³-hybridized carbons (Fsp3) is 0.0303. The molecule has 3 aromatic heterocycles. The number of allylic oxidation sites excluding steroid dienone is 2. The molecule has 0 aliphatic carbocycles. The van der Waals surface area contributed by atoms with E-state index < -0.39 is 0 Å². The molecule has 7 rings (SSSR count). The van der Waals surface area contributed by atoms with Gasteiger partial charge >= 0.3 is 0 Å². The van der Waals surface area contributed by atoms with Gasteiger partial charge in [0.1, 0.15) is 0 Å². The summed E-state index contributed by atoms with van der Waals surface area (Å²) in [5.41, 5.74) is 7.33. The van der Waals surface area contributed by atoms with E-state index in [1.807, 2.05) is 12.2 Å². The van der Waals surface area contributed by atoms with E-state index in [4.69, 9.17) is 0 Å². The molecule has 0 radical (unpaired) electrons. The largest absolute Gasteiger partial charge is 0.315 e. The van der Waals surface area contributed by atoms with Crippen LogP contribution in [0.3, 0.4) is 0 Å². The monoisotopic (exact) mass is 448 g/mol. The van der Waals surface area contributed by atoms with E-state index in [2.05, 4.69) is 126 Å². The third kappa shape index (κ3) is 2.71. The lowest BCUT2D eigenvalue weighted by Crippen LogP contribution is -1.96. The zero-order chi connectivity index (χ0) is 23.5. The number of fused-ring (bicyclic) bond motifs is 10. The summed E-state index contributed by atoms with van der Waals surface area (Å²) in [5.74, 6) is 0. The second-order valence-corrected chi connectivity index (χ2v) is 9.10. The van der Waals surface area contributed by atoms with Crippen molar-refractivity contribution in [3.63, 3.8) is 0 Å². The van der Waals surface area contributed by atoms with Crippen LogP contribution >= 0.6 is 0 Å². The first kappa shape index (κ1) is 19.9. The molecule has 0 saturated carbocycles. The predicted molar refractivity (Wildman–Crippen MR) is 151 cm³/mol. The predicted octanol–water partition coefficient (Wildman–Crippen LogP) is 8.85. The molecule has 7 aromatic rings. The van der Waals surface area contributed by atoms with Crippen molar-refractivity contribution in [2.24, 2.45) is 0 Å². The van der Waals surface area contributed by atoms with Gasteiger partial charge in [-0.3, -0.25) is 0 Å². The van der Waals surface area contributed by atoms with Gasteiger partial charge in [-0.25, -0.2) is 0 Å². The highest BCUT2D eigenvalue weighted by Gasteiger charge is 2.20. The third-order valence-electron chi connectivity index (χ3n) is 7.25. The summed E-state index contributed by atoms with van der Waals surface area (Å²) in [6.45, 7) is 6.16. The Kier molecular flexibility index (Phi) is 4.24. The van der Waals surface area contributed by atoms with Gasteiger partial charge in [0, 0.05) is 50.1 Å². The van der Waals surface area contributed by atoms with Gasteiger partial charge in [-0.1, -0.05) is 91.5 Å². The fourth-order valence-electron chi connectivity index (χ4n) is 5.80. The van der Waals surface area contributed by atoms with Crippen LogP contribution in [0.25, 0.3) is 60.6 Å². The van der Waals surface area contributed by atoms with Crippen LogP contribution in [-0.2, 0) is 0 Å². The summed E-state index contributed by atoms with van der Waals surface area (Å²) in [7, 11) is 0. The molecule has 35 heavy (non-hydrogen) atoms. The average molecular weight is 449 g/mol. The molecule has 4 aromatic carbocycles.